The predicted octanol–water partition coefficient (Wildman–Crippen LogP) is 4.97. The van der Waals surface area contributed by atoms with Gasteiger partial charge in [-0.3, -0.25) is 4.79 Å². The number of aryl methyl sites for hydroxylation is 1. The zero-order valence-corrected chi connectivity index (χ0v) is 27.9. The van der Waals surface area contributed by atoms with E-state index in [4.69, 9.17) is 0 Å². The number of nitrogens with zero attached hydrogens (tertiary/aromatic N) is 1. The molecular weight excluding hydrogens is 576 g/mol. The van der Waals surface area contributed by atoms with Crippen LogP contribution in [0.3, 0.4) is 0 Å². The molecule has 0 saturated carbocycles. The van der Waals surface area contributed by atoms with Gasteiger partial charge in [0.15, 0.2) is 12.4 Å². The van der Waals surface area contributed by atoms with Crippen LogP contribution in [0.2, 0.25) is 0 Å². The molecule has 238 valence electrons. The first-order chi connectivity index (χ1) is 19.7. The fraction of sp³-hybridized carbons (Fsp3) is 0.771. The van der Waals surface area contributed by atoms with Gasteiger partial charge in [-0.15, -0.1) is 0 Å². The number of carbonyl (C=O) groups excluding carboxylic acids is 1. The highest BCUT2D eigenvalue weighted by Crippen LogP contribution is 2.13. The van der Waals surface area contributed by atoms with Crippen LogP contribution in [-0.4, -0.2) is 34.9 Å². The van der Waals surface area contributed by atoms with Crippen LogP contribution in [-0.2, 0) is 11.3 Å². The van der Waals surface area contributed by atoms with Crippen LogP contribution in [0.1, 0.15) is 148 Å². The molecule has 5 nitrogen and oxygen atoms in total. The van der Waals surface area contributed by atoms with Crippen molar-refractivity contribution < 1.29 is 36.6 Å². The number of nitrogens with one attached hydrogen (secondary N) is 1. The molecule has 2 atom stereocenters. The van der Waals surface area contributed by atoms with E-state index in [2.05, 4.69) is 47.4 Å². The Morgan fingerprint density at radius 1 is 0.732 bits per heavy atom. The summed E-state index contributed by atoms with van der Waals surface area (Å²) in [6, 6.07) is 5.59. The van der Waals surface area contributed by atoms with E-state index in [0.717, 1.165) is 32.2 Å². The molecule has 0 saturated heterocycles. The number of unbranched alkanes of at least 4 members (excludes halogenated alkanes) is 19. The second kappa shape index (κ2) is 30.2. The topological polar surface area (TPSA) is 73.4 Å². The first-order valence-corrected chi connectivity index (χ1v) is 16.9. The van der Waals surface area contributed by atoms with Gasteiger partial charge in [-0.25, -0.2) is 4.57 Å². The normalized spacial score (nSPS) is 12.8. The molecule has 0 aliphatic heterocycles. The molecule has 0 spiro atoms. The third kappa shape index (κ3) is 25.0. The van der Waals surface area contributed by atoms with Crippen molar-refractivity contribution in [3.63, 3.8) is 0 Å². The number of aromatic nitrogens is 1. The van der Waals surface area contributed by atoms with Crippen LogP contribution in [0.15, 0.2) is 42.7 Å². The van der Waals surface area contributed by atoms with Gasteiger partial charge in [0.25, 0.3) is 0 Å². The van der Waals surface area contributed by atoms with E-state index >= 15 is 0 Å². The highest BCUT2D eigenvalue weighted by atomic mass is 79.9. The maximum absolute atomic E-state index is 12.3. The molecule has 0 bridgehead atoms. The molecule has 1 aromatic rings. The molecule has 0 aliphatic rings. The minimum absolute atomic E-state index is 0. The van der Waals surface area contributed by atoms with Gasteiger partial charge in [0, 0.05) is 25.0 Å². The molecule has 0 unspecified atom stereocenters. The number of allylic oxidation sites excluding steroid dienone is 1. The molecule has 1 aromatic heterocycles. The lowest BCUT2D eigenvalue weighted by Crippen LogP contribution is -3.00. The summed E-state index contributed by atoms with van der Waals surface area (Å²) in [5.41, 5.74) is 0. The summed E-state index contributed by atoms with van der Waals surface area (Å²) < 4.78 is 2.25. The van der Waals surface area contributed by atoms with Gasteiger partial charge < -0.3 is 32.5 Å². The summed E-state index contributed by atoms with van der Waals surface area (Å²) >= 11 is 0. The molecule has 41 heavy (non-hydrogen) atoms. The van der Waals surface area contributed by atoms with Crippen molar-refractivity contribution in [2.45, 2.75) is 167 Å². The van der Waals surface area contributed by atoms with Gasteiger partial charge in [0.1, 0.15) is 6.54 Å². The molecule has 0 aliphatic carbocycles. The smallest absolute Gasteiger partial charge is 0.220 e. The van der Waals surface area contributed by atoms with Crippen molar-refractivity contribution in [3.05, 3.63) is 42.7 Å². The van der Waals surface area contributed by atoms with Crippen molar-refractivity contribution in [1.29, 1.82) is 0 Å². The summed E-state index contributed by atoms with van der Waals surface area (Å²) in [7, 11) is 0. The van der Waals surface area contributed by atoms with Crippen molar-refractivity contribution >= 4 is 5.91 Å². The largest absolute Gasteiger partial charge is 1.00 e. The number of carbonyl (C=O) groups is 1. The predicted molar refractivity (Wildman–Crippen MR) is 168 cm³/mol. The monoisotopic (exact) mass is 638 g/mol. The summed E-state index contributed by atoms with van der Waals surface area (Å²) in [5.74, 6) is -0.0758. The number of aliphatic hydroxyl groups excluding tert-OH is 2. The SMILES string of the molecule is CCCCCCCCCCCCC/C=C/[C@@H](O)[C@H](CO)NC(=O)CCCCCCCCCCC[n+]1ccccc1.[Br-]. The van der Waals surface area contributed by atoms with E-state index in [0.29, 0.717) is 6.42 Å². The summed E-state index contributed by atoms with van der Waals surface area (Å²) in [4.78, 5) is 12.3. The van der Waals surface area contributed by atoms with Crippen LogP contribution in [0.25, 0.3) is 0 Å². The van der Waals surface area contributed by atoms with Gasteiger partial charge in [0.05, 0.1) is 18.8 Å². The minimum Gasteiger partial charge on any atom is -1.00 e. The Kier molecular flexibility index (Phi) is 29.3. The fourth-order valence-corrected chi connectivity index (χ4v) is 5.21. The fourth-order valence-electron chi connectivity index (χ4n) is 5.21. The van der Waals surface area contributed by atoms with E-state index < -0.39 is 12.1 Å². The second-order valence-electron chi connectivity index (χ2n) is 11.6. The second-order valence-corrected chi connectivity index (χ2v) is 11.6. The van der Waals surface area contributed by atoms with Crippen LogP contribution in [0.5, 0.6) is 0 Å². The number of hydrogen-bond acceptors (Lipinski definition) is 3. The number of aliphatic hydroxyl groups is 2. The van der Waals surface area contributed by atoms with Crippen molar-refractivity contribution in [2.75, 3.05) is 6.61 Å². The number of hydrogen-bond donors (Lipinski definition) is 3. The number of rotatable bonds is 28. The molecule has 1 rings (SSSR count). The maximum atomic E-state index is 12.3. The van der Waals surface area contributed by atoms with Crippen molar-refractivity contribution in [2.24, 2.45) is 0 Å². The molecule has 1 amide bonds. The number of amides is 1. The zero-order chi connectivity index (χ0) is 28.9. The third-order valence-corrected chi connectivity index (χ3v) is 7.86. The Bertz CT molecular complexity index is 717. The lowest BCUT2D eigenvalue weighted by atomic mass is 10.0. The number of pyridine rings is 1. The lowest BCUT2D eigenvalue weighted by Gasteiger charge is -2.20. The van der Waals surface area contributed by atoms with Crippen molar-refractivity contribution in [1.82, 2.24) is 5.32 Å². The molecule has 3 N–H and O–H groups in total. The van der Waals surface area contributed by atoms with Crippen LogP contribution < -0.4 is 26.9 Å². The Hall–Kier alpha value is -1.24. The Morgan fingerprint density at radius 2 is 1.22 bits per heavy atom. The summed E-state index contributed by atoms with van der Waals surface area (Å²) in [6.07, 6.45) is 33.8. The van der Waals surface area contributed by atoms with Gasteiger partial charge in [-0.05, 0) is 25.7 Å². The van der Waals surface area contributed by atoms with Gasteiger partial charge in [-0.2, -0.15) is 0 Å². The van der Waals surface area contributed by atoms with Crippen molar-refractivity contribution in [3.8, 4) is 0 Å². The molecule has 6 heteroatoms. The van der Waals surface area contributed by atoms with E-state index in [9.17, 15) is 15.0 Å². The molecular formula is C35H63BrN2O3. The quantitative estimate of drug-likeness (QED) is 0.0689. The van der Waals surface area contributed by atoms with Crippen LogP contribution in [0.4, 0.5) is 0 Å². The number of halogens is 1. The lowest BCUT2D eigenvalue weighted by molar-refractivity contribution is -0.697. The standard InChI is InChI=1S/C35H62N2O3.BrH/c1-2-3-4-5-6-7-8-9-10-12-15-18-22-27-34(39)33(32-38)36-35(40)28-23-19-16-13-11-14-17-20-24-29-37-30-25-21-26-31-37;/h21-22,25-27,30-31,33-34,38-39H,2-20,23-24,28-29,32H2,1H3;1H/b27-22+;/t33-,34+;/m0./s1. The summed E-state index contributed by atoms with van der Waals surface area (Å²) in [6.45, 7) is 3.12. The average Bonchev–Trinajstić information content (AvgIpc) is 2.97. The molecule has 0 aromatic carbocycles. The molecule has 0 radical (unpaired) electrons. The van der Waals surface area contributed by atoms with Gasteiger partial charge >= 0.3 is 0 Å². The Morgan fingerprint density at radius 3 is 1.76 bits per heavy atom. The highest BCUT2D eigenvalue weighted by Gasteiger charge is 2.17. The summed E-state index contributed by atoms with van der Waals surface area (Å²) in [5, 5.41) is 22.8. The van der Waals surface area contributed by atoms with E-state index in [1.165, 1.54) is 109 Å². The Balaban J connectivity index is 0.0000160. The minimum atomic E-state index is -0.840. The average molecular weight is 640 g/mol. The molecule has 0 fully saturated rings. The Labute approximate surface area is 263 Å². The third-order valence-electron chi connectivity index (χ3n) is 7.86. The van der Waals surface area contributed by atoms with Crippen LogP contribution in [0, 0.1) is 0 Å². The molecule has 1 heterocycles. The first-order valence-electron chi connectivity index (χ1n) is 16.9. The van der Waals surface area contributed by atoms with Gasteiger partial charge in [0.2, 0.25) is 5.91 Å². The maximum Gasteiger partial charge on any atom is 0.220 e. The van der Waals surface area contributed by atoms with E-state index in [-0.39, 0.29) is 29.5 Å². The van der Waals surface area contributed by atoms with Crippen LogP contribution >= 0.6 is 0 Å². The van der Waals surface area contributed by atoms with E-state index in [1.54, 1.807) is 6.08 Å². The van der Waals surface area contributed by atoms with E-state index in [1.807, 2.05) is 6.08 Å². The highest BCUT2D eigenvalue weighted by molar-refractivity contribution is 5.76. The van der Waals surface area contributed by atoms with Gasteiger partial charge in [-0.1, -0.05) is 128 Å². The first kappa shape index (κ1) is 39.8. The zero-order valence-electron chi connectivity index (χ0n) is 26.3.